The zero-order valence-corrected chi connectivity index (χ0v) is 9.12. The molecule has 1 N–H and O–H groups in total. The molecule has 1 fully saturated rings. The molecule has 12 heavy (non-hydrogen) atoms. The molecule has 0 aliphatic carbocycles. The topological polar surface area (TPSA) is 24.9 Å². The number of hydrogen-bond acceptors (Lipinski definition) is 3. The summed E-state index contributed by atoms with van der Waals surface area (Å²) in [6.07, 6.45) is 3.87. The fourth-order valence-corrected chi connectivity index (χ4v) is 2.87. The second-order valence-electron chi connectivity index (χ2n) is 3.01. The minimum absolute atomic E-state index is 0.509. The summed E-state index contributed by atoms with van der Waals surface area (Å²) in [7, 11) is 0. The molecule has 0 amide bonds. The molecule has 0 unspecified atom stereocenters. The predicted octanol–water partition coefficient (Wildman–Crippen LogP) is 2.72. The van der Waals surface area contributed by atoms with Crippen LogP contribution in [0.3, 0.4) is 0 Å². The molecule has 0 bridgehead atoms. The van der Waals surface area contributed by atoms with Gasteiger partial charge in [0.1, 0.15) is 9.61 Å². The van der Waals surface area contributed by atoms with Crippen LogP contribution in [-0.4, -0.2) is 11.5 Å². The van der Waals surface area contributed by atoms with Crippen LogP contribution in [0.1, 0.15) is 30.3 Å². The summed E-state index contributed by atoms with van der Waals surface area (Å²) >= 11 is 5.11. The summed E-state index contributed by atoms with van der Waals surface area (Å²) in [5.74, 6) is 0. The standard InChI is InChI=1S/C8H11BrN2S/c9-7-5-12-8(11-7)6-3-1-2-4-10-6/h5-6,10H,1-4H2/t6-/m1/s1. The van der Waals surface area contributed by atoms with Gasteiger partial charge in [-0.25, -0.2) is 4.98 Å². The second-order valence-corrected chi connectivity index (χ2v) is 4.71. The number of thiazole rings is 1. The minimum atomic E-state index is 0.509. The Bertz CT molecular complexity index is 255. The van der Waals surface area contributed by atoms with Crippen LogP contribution in [0, 0.1) is 0 Å². The Kier molecular flexibility index (Phi) is 2.78. The third-order valence-corrected chi connectivity index (χ3v) is 3.77. The molecule has 1 atom stereocenters. The van der Waals surface area contributed by atoms with Crippen LogP contribution < -0.4 is 5.32 Å². The van der Waals surface area contributed by atoms with Gasteiger partial charge in [0.15, 0.2) is 0 Å². The van der Waals surface area contributed by atoms with Gasteiger partial charge in [-0.05, 0) is 35.3 Å². The second kappa shape index (κ2) is 3.85. The molecule has 2 rings (SSSR count). The number of hydrogen-bond donors (Lipinski definition) is 1. The summed E-state index contributed by atoms with van der Waals surface area (Å²) in [5, 5.41) is 6.75. The van der Waals surface area contributed by atoms with Gasteiger partial charge in [-0.1, -0.05) is 6.42 Å². The number of nitrogens with zero attached hydrogens (tertiary/aromatic N) is 1. The van der Waals surface area contributed by atoms with Crippen LogP contribution >= 0.6 is 27.3 Å². The Morgan fingerprint density at radius 1 is 1.58 bits per heavy atom. The monoisotopic (exact) mass is 246 g/mol. The highest BCUT2D eigenvalue weighted by Crippen LogP contribution is 2.26. The summed E-state index contributed by atoms with van der Waals surface area (Å²) in [4.78, 5) is 4.41. The Balaban J connectivity index is 2.08. The largest absolute Gasteiger partial charge is 0.308 e. The predicted molar refractivity (Wildman–Crippen MR) is 54.4 cm³/mol. The van der Waals surface area contributed by atoms with Gasteiger partial charge >= 0.3 is 0 Å². The van der Waals surface area contributed by atoms with Crippen molar-refractivity contribution in [3.05, 3.63) is 15.0 Å². The molecule has 1 aliphatic rings. The van der Waals surface area contributed by atoms with Gasteiger partial charge in [-0.3, -0.25) is 0 Å². The van der Waals surface area contributed by atoms with Crippen molar-refractivity contribution in [2.24, 2.45) is 0 Å². The van der Waals surface area contributed by atoms with Crippen molar-refractivity contribution in [1.29, 1.82) is 0 Å². The van der Waals surface area contributed by atoms with Gasteiger partial charge < -0.3 is 5.32 Å². The fourth-order valence-electron chi connectivity index (χ4n) is 1.49. The SMILES string of the molecule is Brc1csc([C@H]2CCCCN2)n1. The lowest BCUT2D eigenvalue weighted by molar-refractivity contribution is 0.411. The maximum absolute atomic E-state index is 4.41. The smallest absolute Gasteiger partial charge is 0.117 e. The number of nitrogens with one attached hydrogen (secondary N) is 1. The van der Waals surface area contributed by atoms with Crippen molar-refractivity contribution < 1.29 is 0 Å². The van der Waals surface area contributed by atoms with E-state index in [-0.39, 0.29) is 0 Å². The first-order chi connectivity index (χ1) is 5.86. The van der Waals surface area contributed by atoms with Gasteiger partial charge in [0.05, 0.1) is 6.04 Å². The van der Waals surface area contributed by atoms with E-state index in [0.29, 0.717) is 6.04 Å². The van der Waals surface area contributed by atoms with E-state index in [9.17, 15) is 0 Å². The van der Waals surface area contributed by atoms with Gasteiger partial charge in [0.2, 0.25) is 0 Å². The summed E-state index contributed by atoms with van der Waals surface area (Å²) in [6.45, 7) is 1.14. The van der Waals surface area contributed by atoms with Crippen LogP contribution in [0.5, 0.6) is 0 Å². The average molecular weight is 247 g/mol. The van der Waals surface area contributed by atoms with E-state index >= 15 is 0 Å². The molecule has 0 aromatic carbocycles. The molecule has 1 aromatic rings. The van der Waals surface area contributed by atoms with E-state index in [1.54, 1.807) is 11.3 Å². The maximum Gasteiger partial charge on any atom is 0.117 e. The lowest BCUT2D eigenvalue weighted by atomic mass is 10.1. The summed E-state index contributed by atoms with van der Waals surface area (Å²) < 4.78 is 0.967. The highest BCUT2D eigenvalue weighted by Gasteiger charge is 2.17. The normalized spacial score (nSPS) is 24.2. The first kappa shape index (κ1) is 8.66. The van der Waals surface area contributed by atoms with E-state index in [1.165, 1.54) is 24.3 Å². The molecular formula is C8H11BrN2S. The van der Waals surface area contributed by atoms with Crippen LogP contribution in [-0.2, 0) is 0 Å². The van der Waals surface area contributed by atoms with Gasteiger partial charge in [0.25, 0.3) is 0 Å². The lowest BCUT2D eigenvalue weighted by Gasteiger charge is -2.20. The fraction of sp³-hybridized carbons (Fsp3) is 0.625. The van der Waals surface area contributed by atoms with Gasteiger partial charge in [0, 0.05) is 5.38 Å². The minimum Gasteiger partial charge on any atom is -0.308 e. The average Bonchev–Trinajstić information content (AvgIpc) is 2.54. The summed E-state index contributed by atoms with van der Waals surface area (Å²) in [6, 6.07) is 0.509. The Labute approximate surface area is 84.5 Å². The third-order valence-electron chi connectivity index (χ3n) is 2.10. The van der Waals surface area contributed by atoms with E-state index in [2.05, 4.69) is 26.2 Å². The van der Waals surface area contributed by atoms with Crippen molar-refractivity contribution in [2.75, 3.05) is 6.54 Å². The van der Waals surface area contributed by atoms with Crippen LogP contribution in [0.4, 0.5) is 0 Å². The zero-order chi connectivity index (χ0) is 8.39. The molecule has 1 aromatic heterocycles. The number of piperidine rings is 1. The number of rotatable bonds is 1. The Hall–Kier alpha value is 0.0700. The highest BCUT2D eigenvalue weighted by atomic mass is 79.9. The van der Waals surface area contributed by atoms with Gasteiger partial charge in [-0.15, -0.1) is 11.3 Å². The first-order valence-corrected chi connectivity index (χ1v) is 5.88. The van der Waals surface area contributed by atoms with Crippen LogP contribution in [0.15, 0.2) is 9.98 Å². The van der Waals surface area contributed by atoms with Crippen molar-refractivity contribution in [2.45, 2.75) is 25.3 Å². The van der Waals surface area contributed by atoms with Crippen LogP contribution in [0.2, 0.25) is 0 Å². The molecule has 0 saturated carbocycles. The van der Waals surface area contributed by atoms with E-state index < -0.39 is 0 Å². The number of aromatic nitrogens is 1. The van der Waals surface area contributed by atoms with E-state index in [1.807, 2.05) is 5.38 Å². The van der Waals surface area contributed by atoms with Crippen molar-refractivity contribution in [1.82, 2.24) is 10.3 Å². The molecule has 2 nitrogen and oxygen atoms in total. The molecular weight excluding hydrogens is 236 g/mol. The third kappa shape index (κ3) is 1.87. The van der Waals surface area contributed by atoms with Gasteiger partial charge in [-0.2, -0.15) is 0 Å². The molecule has 2 heterocycles. The van der Waals surface area contributed by atoms with Crippen molar-refractivity contribution >= 4 is 27.3 Å². The van der Waals surface area contributed by atoms with E-state index in [0.717, 1.165) is 11.1 Å². The molecule has 1 aliphatic heterocycles. The zero-order valence-electron chi connectivity index (χ0n) is 6.72. The molecule has 1 saturated heterocycles. The molecule has 66 valence electrons. The molecule has 0 spiro atoms. The van der Waals surface area contributed by atoms with Crippen molar-refractivity contribution in [3.8, 4) is 0 Å². The quantitative estimate of drug-likeness (QED) is 0.825. The first-order valence-electron chi connectivity index (χ1n) is 4.20. The lowest BCUT2D eigenvalue weighted by Crippen LogP contribution is -2.26. The molecule has 0 radical (unpaired) electrons. The van der Waals surface area contributed by atoms with Crippen molar-refractivity contribution in [3.63, 3.8) is 0 Å². The molecule has 4 heteroatoms. The Morgan fingerprint density at radius 3 is 3.08 bits per heavy atom. The number of halogens is 1. The highest BCUT2D eigenvalue weighted by molar-refractivity contribution is 9.10. The maximum atomic E-state index is 4.41. The van der Waals surface area contributed by atoms with E-state index in [4.69, 9.17) is 0 Å². The Morgan fingerprint density at radius 2 is 2.50 bits per heavy atom. The summed E-state index contributed by atoms with van der Waals surface area (Å²) in [5.41, 5.74) is 0. The van der Waals surface area contributed by atoms with Crippen LogP contribution in [0.25, 0.3) is 0 Å².